The number of esters is 1. The number of imide groups is 1. The number of cyclic esters (lactones) is 1. The maximum absolute atomic E-state index is 14.4. The fourth-order valence-corrected chi connectivity index (χ4v) is 5.55. The molecule has 3 aliphatic rings. The molecule has 0 aromatic heterocycles. The molecule has 3 heterocycles. The van der Waals surface area contributed by atoms with E-state index in [1.54, 1.807) is 36.4 Å². The van der Waals surface area contributed by atoms with E-state index >= 15 is 0 Å². The first kappa shape index (κ1) is 27.6. The molecule has 214 valence electrons. The van der Waals surface area contributed by atoms with Crippen LogP contribution in [0.25, 0.3) is 0 Å². The third-order valence-electron chi connectivity index (χ3n) is 7.66. The highest BCUT2D eigenvalue weighted by Crippen LogP contribution is 2.53. The molecule has 2 amide bonds. The Morgan fingerprint density at radius 1 is 0.850 bits per heavy atom. The average Bonchev–Trinajstić information content (AvgIpc) is 3.67. The minimum Gasteiger partial charge on any atom is -0.493 e. The number of ether oxygens (including phenoxy) is 7. The van der Waals surface area contributed by atoms with Crippen molar-refractivity contribution in [1.29, 1.82) is 0 Å². The summed E-state index contributed by atoms with van der Waals surface area (Å²) in [6, 6.07) is 9.81. The van der Waals surface area contributed by atoms with Gasteiger partial charge in [-0.1, -0.05) is 32.9 Å². The first-order valence-corrected chi connectivity index (χ1v) is 12.9. The Labute approximate surface area is 232 Å². The first-order chi connectivity index (χ1) is 19.1. The molecule has 2 fully saturated rings. The van der Waals surface area contributed by atoms with Crippen LogP contribution in [0.2, 0.25) is 0 Å². The van der Waals surface area contributed by atoms with Gasteiger partial charge in [-0.05, 0) is 40.8 Å². The zero-order chi connectivity index (χ0) is 28.8. The Morgan fingerprint density at radius 3 is 2.17 bits per heavy atom. The summed E-state index contributed by atoms with van der Waals surface area (Å²) in [4.78, 5) is 41.9. The molecular weight excluding hydrogens is 522 g/mol. The summed E-state index contributed by atoms with van der Waals surface area (Å²) in [5.41, 5.74) is 0.683. The van der Waals surface area contributed by atoms with E-state index in [1.165, 1.54) is 21.3 Å². The summed E-state index contributed by atoms with van der Waals surface area (Å²) in [6.45, 7) is 5.89. The van der Waals surface area contributed by atoms with E-state index in [1.807, 2.05) is 20.8 Å². The number of carbonyl (C=O) groups excluding carboxylic acids is 3. The lowest BCUT2D eigenvalue weighted by Gasteiger charge is -2.33. The molecule has 0 spiro atoms. The second-order valence-electron chi connectivity index (χ2n) is 10.9. The number of methoxy groups -OCH3 is 3. The van der Waals surface area contributed by atoms with E-state index in [0.29, 0.717) is 34.1 Å². The lowest BCUT2D eigenvalue weighted by molar-refractivity contribution is -0.152. The largest absolute Gasteiger partial charge is 0.493 e. The molecule has 2 aromatic rings. The molecule has 11 heteroatoms. The summed E-state index contributed by atoms with van der Waals surface area (Å²) in [5.74, 6) is -1.48. The highest BCUT2D eigenvalue weighted by Gasteiger charge is 2.58. The number of rotatable bonds is 6. The lowest BCUT2D eigenvalue weighted by Crippen LogP contribution is -2.50. The SMILES string of the molecule is COC(=O)[C@@H]1[C@@H](C(=O)N2C(=O)OC[C@@H]2C(C)(C)C)[C@H](c2ccc(OC)c(OC)c2)O[C@@H]1c1ccc2c(c1)OCO2. The number of carbonyl (C=O) groups is 3. The van der Waals surface area contributed by atoms with Crippen molar-refractivity contribution in [2.45, 2.75) is 39.0 Å². The van der Waals surface area contributed by atoms with Crippen LogP contribution < -0.4 is 18.9 Å². The van der Waals surface area contributed by atoms with Gasteiger partial charge in [0.25, 0.3) is 0 Å². The van der Waals surface area contributed by atoms with E-state index in [0.717, 1.165) is 4.90 Å². The summed E-state index contributed by atoms with van der Waals surface area (Å²) in [6.07, 6.45) is -2.60. The van der Waals surface area contributed by atoms with E-state index in [2.05, 4.69) is 0 Å². The topological polar surface area (TPSA) is 119 Å². The summed E-state index contributed by atoms with van der Waals surface area (Å²) in [5, 5.41) is 0. The fourth-order valence-electron chi connectivity index (χ4n) is 5.55. The molecule has 0 aliphatic carbocycles. The normalized spacial score (nSPS) is 25.5. The van der Waals surface area contributed by atoms with Gasteiger partial charge in [0.2, 0.25) is 12.7 Å². The van der Waals surface area contributed by atoms with Crippen LogP contribution in [0.15, 0.2) is 36.4 Å². The number of hydrogen-bond donors (Lipinski definition) is 0. The van der Waals surface area contributed by atoms with Crippen LogP contribution in [-0.4, -0.2) is 63.6 Å². The van der Waals surface area contributed by atoms with E-state index in [9.17, 15) is 14.4 Å². The van der Waals surface area contributed by atoms with Crippen molar-refractivity contribution < 1.29 is 47.5 Å². The number of fused-ring (bicyclic) bond motifs is 1. The van der Waals surface area contributed by atoms with Crippen molar-refractivity contribution in [3.8, 4) is 23.0 Å². The Kier molecular flexibility index (Phi) is 7.26. The highest BCUT2D eigenvalue weighted by atomic mass is 16.7. The smallest absolute Gasteiger partial charge is 0.417 e. The minimum atomic E-state index is -1.13. The van der Waals surface area contributed by atoms with Gasteiger partial charge in [-0.25, -0.2) is 9.69 Å². The Morgan fingerprint density at radius 2 is 1.50 bits per heavy atom. The predicted octanol–water partition coefficient (Wildman–Crippen LogP) is 4.04. The monoisotopic (exact) mass is 555 g/mol. The van der Waals surface area contributed by atoms with Crippen LogP contribution in [0, 0.1) is 17.3 Å². The Balaban J connectivity index is 1.64. The summed E-state index contributed by atoms with van der Waals surface area (Å²) in [7, 11) is 4.28. The van der Waals surface area contributed by atoms with Gasteiger partial charge in [-0.3, -0.25) is 9.59 Å². The molecule has 40 heavy (non-hydrogen) atoms. The molecule has 3 aliphatic heterocycles. The number of nitrogens with zero attached hydrogens (tertiary/aromatic N) is 1. The van der Waals surface area contributed by atoms with Crippen LogP contribution in [-0.2, 0) is 23.8 Å². The molecule has 0 bridgehead atoms. The standard InChI is InChI=1S/C29H33NO10/c1-29(2,3)21-13-37-28(33)30(21)26(31)22-23(27(32)36-6)25(16-8-10-18-20(12-16)39-14-38-18)40-24(22)15-7-9-17(34-4)19(11-15)35-5/h7-12,21-25H,13-14H2,1-6H3/t21-,22-,23-,24+,25-/m1/s1. The van der Waals surface area contributed by atoms with Crippen LogP contribution >= 0.6 is 0 Å². The molecule has 5 rings (SSSR count). The molecule has 2 saturated heterocycles. The van der Waals surface area contributed by atoms with Crippen LogP contribution in [0.4, 0.5) is 4.79 Å². The number of hydrogen-bond acceptors (Lipinski definition) is 10. The zero-order valence-electron chi connectivity index (χ0n) is 23.3. The van der Waals surface area contributed by atoms with Gasteiger partial charge in [-0.15, -0.1) is 0 Å². The van der Waals surface area contributed by atoms with Crippen LogP contribution in [0.1, 0.15) is 44.1 Å². The molecule has 0 unspecified atom stereocenters. The third-order valence-corrected chi connectivity index (χ3v) is 7.66. The predicted molar refractivity (Wildman–Crippen MR) is 139 cm³/mol. The van der Waals surface area contributed by atoms with Crippen LogP contribution in [0.5, 0.6) is 23.0 Å². The van der Waals surface area contributed by atoms with E-state index in [-0.39, 0.29) is 13.4 Å². The lowest BCUT2D eigenvalue weighted by atomic mass is 9.80. The maximum atomic E-state index is 14.4. The zero-order valence-corrected chi connectivity index (χ0v) is 23.3. The van der Waals surface area contributed by atoms with Gasteiger partial charge >= 0.3 is 12.1 Å². The van der Waals surface area contributed by atoms with Gasteiger partial charge in [0, 0.05) is 0 Å². The first-order valence-electron chi connectivity index (χ1n) is 12.9. The second kappa shape index (κ2) is 10.5. The van der Waals surface area contributed by atoms with Crippen molar-refractivity contribution in [3.63, 3.8) is 0 Å². The van der Waals surface area contributed by atoms with Crippen LogP contribution in [0.3, 0.4) is 0 Å². The molecule has 2 aromatic carbocycles. The Bertz CT molecular complexity index is 1320. The quantitative estimate of drug-likeness (QED) is 0.483. The molecule has 0 saturated carbocycles. The summed E-state index contributed by atoms with van der Waals surface area (Å²) < 4.78 is 38.9. The van der Waals surface area contributed by atoms with Crippen molar-refractivity contribution >= 4 is 18.0 Å². The molecule has 0 N–H and O–H groups in total. The third kappa shape index (κ3) is 4.68. The van der Waals surface area contributed by atoms with Crippen molar-refractivity contribution in [1.82, 2.24) is 4.90 Å². The van der Waals surface area contributed by atoms with Crippen molar-refractivity contribution in [2.75, 3.05) is 34.7 Å². The van der Waals surface area contributed by atoms with Gasteiger partial charge in [0.05, 0.1) is 45.5 Å². The second-order valence-corrected chi connectivity index (χ2v) is 10.9. The minimum absolute atomic E-state index is 0.0527. The van der Waals surface area contributed by atoms with Gasteiger partial charge < -0.3 is 33.2 Å². The molecule has 11 nitrogen and oxygen atoms in total. The van der Waals surface area contributed by atoms with E-state index in [4.69, 9.17) is 33.2 Å². The summed E-state index contributed by atoms with van der Waals surface area (Å²) >= 11 is 0. The van der Waals surface area contributed by atoms with Gasteiger partial charge in [-0.2, -0.15) is 0 Å². The van der Waals surface area contributed by atoms with Crippen molar-refractivity contribution in [2.24, 2.45) is 17.3 Å². The van der Waals surface area contributed by atoms with Gasteiger partial charge in [0.15, 0.2) is 23.0 Å². The maximum Gasteiger partial charge on any atom is 0.417 e. The molecule has 0 radical (unpaired) electrons. The Hall–Kier alpha value is -3.99. The number of amides is 2. The number of benzene rings is 2. The fraction of sp³-hybridized carbons (Fsp3) is 0.483. The molecular formula is C29H33NO10. The van der Waals surface area contributed by atoms with Gasteiger partial charge in [0.1, 0.15) is 12.5 Å². The van der Waals surface area contributed by atoms with Crippen molar-refractivity contribution in [3.05, 3.63) is 47.5 Å². The highest BCUT2D eigenvalue weighted by molar-refractivity contribution is 5.97. The average molecular weight is 556 g/mol. The van der Waals surface area contributed by atoms with E-state index < -0.39 is 53.5 Å². The molecule has 5 atom stereocenters.